The van der Waals surface area contributed by atoms with Crippen LogP contribution in [0.25, 0.3) is 11.6 Å². The van der Waals surface area contributed by atoms with Gasteiger partial charge in [-0.05, 0) is 44.2 Å². The number of anilines is 2. The summed E-state index contributed by atoms with van der Waals surface area (Å²) in [4.78, 5) is 33.7. The molecule has 5 rings (SSSR count). The number of aryl methyl sites for hydroxylation is 2. The molecule has 40 heavy (non-hydrogen) atoms. The van der Waals surface area contributed by atoms with E-state index in [9.17, 15) is 4.79 Å². The van der Waals surface area contributed by atoms with Crippen LogP contribution >= 0.6 is 11.6 Å². The van der Waals surface area contributed by atoms with Crippen molar-refractivity contribution in [3.05, 3.63) is 40.6 Å². The van der Waals surface area contributed by atoms with Crippen LogP contribution in [0.15, 0.2) is 22.7 Å². The van der Waals surface area contributed by atoms with Gasteiger partial charge >= 0.3 is 0 Å². The Morgan fingerprint density at radius 3 is 2.60 bits per heavy atom. The highest BCUT2D eigenvalue weighted by Crippen LogP contribution is 2.29. The molecule has 0 bridgehead atoms. The Kier molecular flexibility index (Phi) is 8.80. The maximum Gasteiger partial charge on any atom is 0.267 e. The van der Waals surface area contributed by atoms with Crippen molar-refractivity contribution in [3.8, 4) is 11.6 Å². The van der Waals surface area contributed by atoms with E-state index in [0.29, 0.717) is 53.4 Å². The number of carbonyl (C=O) groups excluding carboxylic acids is 1. The van der Waals surface area contributed by atoms with Gasteiger partial charge in [-0.25, -0.2) is 15.0 Å². The van der Waals surface area contributed by atoms with Crippen LogP contribution in [0.5, 0.6) is 0 Å². The summed E-state index contributed by atoms with van der Waals surface area (Å²) in [6.45, 7) is 10.5. The second-order valence-electron chi connectivity index (χ2n) is 10.5. The smallest absolute Gasteiger partial charge is 0.267 e. The van der Waals surface area contributed by atoms with Gasteiger partial charge in [0.05, 0.1) is 17.5 Å². The highest BCUT2D eigenvalue weighted by molar-refractivity contribution is 6.29. The van der Waals surface area contributed by atoms with Crippen molar-refractivity contribution in [2.45, 2.75) is 71.4 Å². The second kappa shape index (κ2) is 12.5. The average molecular weight is 568 g/mol. The molecule has 214 valence electrons. The molecule has 3 aromatic heterocycles. The SMILES string of the molecule is CCCc1nnc(-c2cnc(N3CCN(C4CCN(C(=O)c5ccc(Cl)nc5N)CC4)[C@@H](CC)C3)c(CC)n2)o1. The number of hydrogen-bond donors (Lipinski definition) is 1. The summed E-state index contributed by atoms with van der Waals surface area (Å²) in [6, 6.07) is 4.11. The Balaban J connectivity index is 1.22. The van der Waals surface area contributed by atoms with Crippen molar-refractivity contribution >= 4 is 29.1 Å². The largest absolute Gasteiger partial charge is 0.419 e. The molecule has 0 aromatic carbocycles. The maximum atomic E-state index is 13.1. The number of aromatic nitrogens is 5. The molecule has 12 heteroatoms. The number of amides is 1. The van der Waals surface area contributed by atoms with E-state index in [1.807, 2.05) is 4.90 Å². The van der Waals surface area contributed by atoms with E-state index < -0.39 is 0 Å². The van der Waals surface area contributed by atoms with Gasteiger partial charge in [-0.1, -0.05) is 32.4 Å². The molecule has 0 aliphatic carbocycles. The van der Waals surface area contributed by atoms with E-state index in [4.69, 9.17) is 31.7 Å². The lowest BCUT2D eigenvalue weighted by atomic mass is 9.97. The molecule has 2 N–H and O–H groups in total. The minimum Gasteiger partial charge on any atom is -0.419 e. The molecule has 2 fully saturated rings. The first-order chi connectivity index (χ1) is 19.4. The van der Waals surface area contributed by atoms with E-state index >= 15 is 0 Å². The molecule has 5 heterocycles. The first kappa shape index (κ1) is 28.2. The Hall–Kier alpha value is -3.31. The second-order valence-corrected chi connectivity index (χ2v) is 10.9. The number of carbonyl (C=O) groups is 1. The first-order valence-electron chi connectivity index (χ1n) is 14.3. The Bertz CT molecular complexity index is 1320. The van der Waals surface area contributed by atoms with Crippen LogP contribution in [-0.2, 0) is 12.8 Å². The number of nitrogen functional groups attached to an aromatic ring is 1. The number of hydrogen-bond acceptors (Lipinski definition) is 10. The molecule has 0 radical (unpaired) electrons. The lowest BCUT2D eigenvalue weighted by molar-refractivity contribution is 0.0491. The van der Waals surface area contributed by atoms with Crippen molar-refractivity contribution in [3.63, 3.8) is 0 Å². The molecule has 0 spiro atoms. The number of nitrogens with zero attached hydrogens (tertiary/aromatic N) is 8. The first-order valence-corrected chi connectivity index (χ1v) is 14.7. The van der Waals surface area contributed by atoms with Gasteiger partial charge in [0, 0.05) is 51.2 Å². The van der Waals surface area contributed by atoms with Gasteiger partial charge in [0.2, 0.25) is 5.89 Å². The third kappa shape index (κ3) is 5.90. The van der Waals surface area contributed by atoms with E-state index in [-0.39, 0.29) is 11.7 Å². The zero-order valence-corrected chi connectivity index (χ0v) is 24.3. The van der Waals surface area contributed by atoms with Gasteiger partial charge < -0.3 is 20.0 Å². The Morgan fingerprint density at radius 1 is 1.10 bits per heavy atom. The lowest BCUT2D eigenvalue weighted by Crippen LogP contribution is -2.59. The Morgan fingerprint density at radius 2 is 1.90 bits per heavy atom. The molecule has 0 unspecified atom stereocenters. The van der Waals surface area contributed by atoms with Crippen LogP contribution in [0.1, 0.15) is 68.4 Å². The summed E-state index contributed by atoms with van der Waals surface area (Å²) >= 11 is 5.91. The minimum absolute atomic E-state index is 0.0757. The number of likely N-dealkylation sites (tertiary alicyclic amines) is 1. The van der Waals surface area contributed by atoms with Crippen LogP contribution in [0, 0.1) is 0 Å². The van der Waals surface area contributed by atoms with E-state index in [1.54, 1.807) is 18.3 Å². The van der Waals surface area contributed by atoms with Gasteiger partial charge in [-0.3, -0.25) is 9.69 Å². The summed E-state index contributed by atoms with van der Waals surface area (Å²) in [6.07, 6.45) is 7.13. The molecular weight excluding hydrogens is 530 g/mol. The molecule has 0 saturated carbocycles. The molecule has 1 atom stereocenters. The maximum absolute atomic E-state index is 13.1. The van der Waals surface area contributed by atoms with Gasteiger partial charge in [0.15, 0.2) is 0 Å². The van der Waals surface area contributed by atoms with Crippen LogP contribution in [0.2, 0.25) is 5.15 Å². The van der Waals surface area contributed by atoms with Gasteiger partial charge in [-0.2, -0.15) is 0 Å². The molecule has 1 amide bonds. The summed E-state index contributed by atoms with van der Waals surface area (Å²) in [5, 5.41) is 8.59. The number of piperidine rings is 1. The van der Waals surface area contributed by atoms with Crippen molar-refractivity contribution in [2.75, 3.05) is 43.4 Å². The third-order valence-electron chi connectivity index (χ3n) is 7.95. The van der Waals surface area contributed by atoms with Crippen LogP contribution in [0.3, 0.4) is 0 Å². The number of rotatable bonds is 8. The number of nitrogens with two attached hydrogens (primary N) is 1. The number of piperazine rings is 1. The van der Waals surface area contributed by atoms with E-state index in [2.05, 4.69) is 45.8 Å². The summed E-state index contributed by atoms with van der Waals surface area (Å²) in [7, 11) is 0. The quantitative estimate of drug-likeness (QED) is 0.400. The van der Waals surface area contributed by atoms with Crippen LogP contribution < -0.4 is 10.6 Å². The fourth-order valence-electron chi connectivity index (χ4n) is 5.81. The van der Waals surface area contributed by atoms with E-state index in [0.717, 1.165) is 69.7 Å². The molecule has 2 aliphatic rings. The Labute approximate surface area is 240 Å². The minimum atomic E-state index is -0.0757. The van der Waals surface area contributed by atoms with E-state index in [1.165, 1.54) is 0 Å². The molecule has 3 aromatic rings. The van der Waals surface area contributed by atoms with Crippen molar-refractivity contribution in [1.82, 2.24) is 34.9 Å². The fraction of sp³-hybridized carbons (Fsp3) is 0.571. The monoisotopic (exact) mass is 567 g/mol. The molecule has 2 aliphatic heterocycles. The van der Waals surface area contributed by atoms with Crippen LogP contribution in [-0.4, -0.2) is 85.7 Å². The zero-order chi connectivity index (χ0) is 28.2. The third-order valence-corrected chi connectivity index (χ3v) is 8.16. The number of halogens is 1. The zero-order valence-electron chi connectivity index (χ0n) is 23.5. The van der Waals surface area contributed by atoms with Gasteiger partial charge in [0.25, 0.3) is 11.8 Å². The highest BCUT2D eigenvalue weighted by Gasteiger charge is 2.35. The lowest BCUT2D eigenvalue weighted by Gasteiger charge is -2.47. The predicted molar refractivity (Wildman–Crippen MR) is 154 cm³/mol. The van der Waals surface area contributed by atoms with Crippen molar-refractivity contribution < 1.29 is 9.21 Å². The van der Waals surface area contributed by atoms with Crippen LogP contribution in [0.4, 0.5) is 11.6 Å². The predicted octanol–water partition coefficient (Wildman–Crippen LogP) is 3.88. The summed E-state index contributed by atoms with van der Waals surface area (Å²) in [5.41, 5.74) is 7.95. The summed E-state index contributed by atoms with van der Waals surface area (Å²) in [5.74, 6) is 2.10. The van der Waals surface area contributed by atoms with Gasteiger partial charge in [-0.15, -0.1) is 10.2 Å². The summed E-state index contributed by atoms with van der Waals surface area (Å²) < 4.78 is 5.78. The topological polar surface area (TPSA) is 130 Å². The van der Waals surface area contributed by atoms with Gasteiger partial charge in [0.1, 0.15) is 22.5 Å². The van der Waals surface area contributed by atoms with Crippen molar-refractivity contribution in [2.24, 2.45) is 0 Å². The standard InChI is InChI=1S/C28H38ClN9O2/c1-4-7-24-34-35-27(40-24)22-16-31-26(21(6-3)32-22)37-14-15-38(18(5-2)17-37)19-10-12-36(13-11-19)28(39)20-8-9-23(29)33-25(20)30/h8-9,16,18-19H,4-7,10-15,17H2,1-3H3,(H2,30,33)/t18-/m0/s1. The molecular formula is C28H38ClN9O2. The fourth-order valence-corrected chi connectivity index (χ4v) is 5.96. The molecule has 11 nitrogen and oxygen atoms in total. The number of pyridine rings is 1. The normalized spacial score (nSPS) is 18.9. The average Bonchev–Trinajstić information content (AvgIpc) is 3.45. The molecule has 2 saturated heterocycles. The highest BCUT2D eigenvalue weighted by atomic mass is 35.5. The van der Waals surface area contributed by atoms with Crippen molar-refractivity contribution in [1.29, 1.82) is 0 Å².